The molecule has 1 aliphatic rings. The van der Waals surface area contributed by atoms with Crippen molar-refractivity contribution >= 4 is 15.2 Å². The molecule has 1 fully saturated rings. The predicted molar refractivity (Wildman–Crippen MR) is 83.0 cm³/mol. The minimum Gasteiger partial charge on any atom is -0.394 e. The molecule has 12 nitrogen and oxygen atoms in total. The lowest BCUT2D eigenvalue weighted by Gasteiger charge is -2.27. The molecule has 6 N–H and O–H groups in total. The average Bonchev–Trinajstić information content (AvgIpc) is 2.82. The molecule has 0 bridgehead atoms. The Kier molecular flexibility index (Phi) is 5.58. The fourth-order valence-electron chi connectivity index (χ4n) is 2.91. The number of aliphatic hydroxyl groups excluding tert-OH is 1. The Bertz CT molecular complexity index is 829. The first-order valence-electron chi connectivity index (χ1n) is 7.05. The molecule has 1 aliphatic heterocycles. The van der Waals surface area contributed by atoms with Gasteiger partial charge >= 0.3 is 20.9 Å². The van der Waals surface area contributed by atoms with Crippen molar-refractivity contribution < 1.29 is 38.5 Å². The van der Waals surface area contributed by atoms with E-state index in [9.17, 15) is 43.4 Å². The molecule has 25 heavy (non-hydrogen) atoms. The molecule has 1 saturated heterocycles. The highest BCUT2D eigenvalue weighted by atomic mass is 31.2. The summed E-state index contributed by atoms with van der Waals surface area (Å²) in [5, 5.41) is 7.00. The summed E-state index contributed by atoms with van der Waals surface area (Å²) in [6.07, 6.45) is -1.66. The Morgan fingerprint density at radius 1 is 1.28 bits per heavy atom. The number of hydrogen-bond donors (Lipinski definition) is 6. The number of nitrogens with one attached hydrogen (secondary N) is 1. The number of aromatic nitrogens is 2. The lowest BCUT2D eigenvalue weighted by Crippen LogP contribution is -2.33. The highest BCUT2D eigenvalue weighted by molar-refractivity contribution is 7.70. The molecule has 142 valence electrons. The maximum atomic E-state index is 11.9. The molecule has 3 atom stereocenters. The van der Waals surface area contributed by atoms with Crippen LogP contribution in [-0.2, 0) is 13.9 Å². The van der Waals surface area contributed by atoms with Gasteiger partial charge in [-0.15, -0.1) is 0 Å². The van der Waals surface area contributed by atoms with Crippen molar-refractivity contribution in [3.63, 3.8) is 0 Å². The lowest BCUT2D eigenvalue weighted by atomic mass is 10.0. The van der Waals surface area contributed by atoms with E-state index in [0.29, 0.717) is 0 Å². The number of ether oxygens (including phenoxy) is 1. The molecule has 2 rings (SSSR count). The number of aromatic amines is 1. The number of aryl methyl sites for hydroxylation is 1. The van der Waals surface area contributed by atoms with Crippen molar-refractivity contribution in [3.8, 4) is 0 Å². The summed E-state index contributed by atoms with van der Waals surface area (Å²) in [6, 6.07) is 0. The Balaban J connectivity index is 2.46. The van der Waals surface area contributed by atoms with Gasteiger partial charge in [-0.2, -0.15) is 0 Å². The van der Waals surface area contributed by atoms with Crippen LogP contribution in [0.15, 0.2) is 15.8 Å². The van der Waals surface area contributed by atoms with Gasteiger partial charge in [0.15, 0.2) is 5.40 Å². The van der Waals surface area contributed by atoms with Crippen LogP contribution in [0.4, 0.5) is 0 Å². The maximum Gasteiger partial charge on any atom is 0.341 e. The van der Waals surface area contributed by atoms with Gasteiger partial charge in [0, 0.05) is 17.7 Å². The highest BCUT2D eigenvalue weighted by Gasteiger charge is 2.55. The molecule has 0 spiro atoms. The van der Waals surface area contributed by atoms with Crippen molar-refractivity contribution in [1.82, 2.24) is 9.55 Å². The Morgan fingerprint density at radius 2 is 1.84 bits per heavy atom. The topological polar surface area (TPSA) is 199 Å². The van der Waals surface area contributed by atoms with Gasteiger partial charge in [-0.3, -0.25) is 23.5 Å². The number of hydrogen-bond acceptors (Lipinski definition) is 6. The Morgan fingerprint density at radius 3 is 2.32 bits per heavy atom. The first-order valence-corrected chi connectivity index (χ1v) is 10.4. The smallest absolute Gasteiger partial charge is 0.341 e. The van der Waals surface area contributed by atoms with E-state index in [1.165, 1.54) is 6.92 Å². The molecule has 0 aromatic carbocycles. The molecular formula is C11H18N2O10P2. The molecule has 0 amide bonds. The van der Waals surface area contributed by atoms with Crippen LogP contribution in [0, 0.1) is 12.8 Å². The second-order valence-electron chi connectivity index (χ2n) is 5.78. The Labute approximate surface area is 140 Å². The van der Waals surface area contributed by atoms with Crippen LogP contribution >= 0.6 is 15.2 Å². The number of rotatable bonds is 5. The first kappa shape index (κ1) is 20.2. The normalized spacial score (nSPS) is 24.8. The highest BCUT2D eigenvalue weighted by Crippen LogP contribution is 2.65. The van der Waals surface area contributed by atoms with E-state index in [-0.39, 0.29) is 12.0 Å². The number of nitrogens with zero attached hydrogens (tertiary/aromatic N) is 1. The van der Waals surface area contributed by atoms with Gasteiger partial charge in [0.1, 0.15) is 6.23 Å². The molecule has 1 aromatic heterocycles. The first-order chi connectivity index (χ1) is 11.4. The van der Waals surface area contributed by atoms with Crippen LogP contribution in [0.5, 0.6) is 0 Å². The minimum atomic E-state index is -5.24. The van der Waals surface area contributed by atoms with E-state index in [1.807, 2.05) is 4.98 Å². The van der Waals surface area contributed by atoms with Gasteiger partial charge in [0.05, 0.1) is 12.7 Å². The fourth-order valence-corrected chi connectivity index (χ4v) is 6.10. The van der Waals surface area contributed by atoms with Crippen molar-refractivity contribution in [2.45, 2.75) is 31.1 Å². The van der Waals surface area contributed by atoms with E-state index in [0.717, 1.165) is 10.8 Å². The van der Waals surface area contributed by atoms with Crippen molar-refractivity contribution in [3.05, 3.63) is 32.6 Å². The third-order valence-electron chi connectivity index (χ3n) is 3.99. The second-order valence-corrected chi connectivity index (χ2v) is 9.66. The molecule has 0 aliphatic carbocycles. The summed E-state index contributed by atoms with van der Waals surface area (Å²) in [7, 11) is -10.5. The summed E-state index contributed by atoms with van der Waals surface area (Å²) in [6.45, 7) is 0.646. The van der Waals surface area contributed by atoms with Crippen molar-refractivity contribution in [2.75, 3.05) is 6.61 Å². The number of H-pyrrole nitrogens is 1. The summed E-state index contributed by atoms with van der Waals surface area (Å²) in [4.78, 5) is 62.7. The van der Waals surface area contributed by atoms with Gasteiger partial charge in [0.25, 0.3) is 5.56 Å². The predicted octanol–water partition coefficient (Wildman–Crippen LogP) is -1.58. The molecule has 0 saturated carbocycles. The van der Waals surface area contributed by atoms with Crippen molar-refractivity contribution in [2.24, 2.45) is 5.92 Å². The zero-order valence-corrected chi connectivity index (χ0v) is 14.7. The third-order valence-corrected chi connectivity index (χ3v) is 7.94. The van der Waals surface area contributed by atoms with E-state index < -0.39 is 56.7 Å². The fraction of sp³-hybridized carbons (Fsp3) is 0.636. The molecular weight excluding hydrogens is 382 g/mol. The average molecular weight is 400 g/mol. The maximum absolute atomic E-state index is 11.9. The Hall–Kier alpha value is -1.10. The van der Waals surface area contributed by atoms with Crippen LogP contribution in [0.25, 0.3) is 0 Å². The van der Waals surface area contributed by atoms with Crippen LogP contribution < -0.4 is 11.2 Å². The van der Waals surface area contributed by atoms with E-state index in [2.05, 4.69) is 0 Å². The summed E-state index contributed by atoms with van der Waals surface area (Å²) < 4.78 is 29.5. The largest absolute Gasteiger partial charge is 0.394 e. The van der Waals surface area contributed by atoms with E-state index in [1.54, 1.807) is 0 Å². The zero-order chi connectivity index (χ0) is 19.2. The summed E-state index contributed by atoms with van der Waals surface area (Å²) >= 11 is 0. The van der Waals surface area contributed by atoms with Gasteiger partial charge < -0.3 is 29.4 Å². The van der Waals surface area contributed by atoms with Crippen LogP contribution in [-0.4, -0.2) is 52.3 Å². The van der Waals surface area contributed by atoms with Gasteiger partial charge in [-0.25, -0.2) is 4.79 Å². The molecule has 0 unspecified atom stereocenters. The van der Waals surface area contributed by atoms with E-state index >= 15 is 0 Å². The van der Waals surface area contributed by atoms with E-state index in [4.69, 9.17) is 4.74 Å². The van der Waals surface area contributed by atoms with Crippen molar-refractivity contribution in [1.29, 1.82) is 0 Å². The van der Waals surface area contributed by atoms with Crippen LogP contribution in [0.1, 0.15) is 18.2 Å². The quantitative estimate of drug-likeness (QED) is 0.314. The molecule has 2 heterocycles. The monoisotopic (exact) mass is 400 g/mol. The SMILES string of the molecule is Cc1cn([C@H]2C[C@H](C(P(=O)(O)O)P(=O)(O)O)[C@@H](CO)O2)c(=O)[nH]c1=O. The lowest BCUT2D eigenvalue weighted by molar-refractivity contribution is -0.0324. The standard InChI is InChI=1S/C11H18N2O10P2/c1-5-3-13(11(16)12-9(5)15)8-2-6(7(4-14)23-8)10(24(17,18)19)25(20,21)22/h3,6-8,10,14H,2,4H2,1H3,(H,12,15,16)(H2,17,18,19)(H2,20,21,22)/t6-,7+,8+/m0/s1. The van der Waals surface area contributed by atoms with Gasteiger partial charge in [0.2, 0.25) is 0 Å². The molecule has 1 aromatic rings. The second kappa shape index (κ2) is 6.90. The van der Waals surface area contributed by atoms with Crippen LogP contribution in [0.3, 0.4) is 0 Å². The molecule has 0 radical (unpaired) electrons. The summed E-state index contributed by atoms with van der Waals surface area (Å²) in [5.74, 6) is -1.41. The minimum absolute atomic E-state index is 0.161. The number of aliphatic hydroxyl groups is 1. The summed E-state index contributed by atoms with van der Waals surface area (Å²) in [5.41, 5.74) is -1.33. The molecule has 14 heteroatoms. The van der Waals surface area contributed by atoms with Crippen LogP contribution in [0.2, 0.25) is 0 Å². The van der Waals surface area contributed by atoms with Gasteiger partial charge in [-0.1, -0.05) is 0 Å². The third kappa shape index (κ3) is 4.18. The zero-order valence-electron chi connectivity index (χ0n) is 12.9. The van der Waals surface area contributed by atoms with Gasteiger partial charge in [-0.05, 0) is 13.3 Å².